The van der Waals surface area contributed by atoms with Crippen LogP contribution < -0.4 is 0 Å². The largest absolute Gasteiger partial charge is 0.459 e. The van der Waals surface area contributed by atoms with Gasteiger partial charge in [0.25, 0.3) is 0 Å². The van der Waals surface area contributed by atoms with E-state index >= 15 is 8.78 Å². The molecule has 0 N–H and O–H groups in total. The number of esters is 1. The zero-order chi connectivity index (χ0) is 31.8. The Bertz CT molecular complexity index is 1570. The third-order valence-corrected chi connectivity index (χ3v) is 9.97. The summed E-state index contributed by atoms with van der Waals surface area (Å²) in [6.07, 6.45) is 6.24. The van der Waals surface area contributed by atoms with Crippen molar-refractivity contribution in [2.75, 3.05) is 6.61 Å². The lowest BCUT2D eigenvalue weighted by molar-refractivity contribution is 0.0109. The van der Waals surface area contributed by atoms with Gasteiger partial charge in [-0.15, -0.1) is 0 Å². The number of carbonyl (C=O) groups excluding carboxylic acids is 1. The Morgan fingerprint density at radius 1 is 0.689 bits per heavy atom. The molecule has 1 atom stereocenters. The Morgan fingerprint density at radius 3 is 1.87 bits per heavy atom. The Morgan fingerprint density at radius 2 is 1.24 bits per heavy atom. The molecule has 1 heterocycles. The summed E-state index contributed by atoms with van der Waals surface area (Å²) in [6, 6.07) is 8.01. The standard InChI is InChI=1S/C36H36F6O3/c1-2-3-22-10-13-25(32(39)30(22)37)26-15-17-28(35(42)33(26)40)36(43)45-23-11-8-20(9-12-23)19-4-6-21(7-5-19)24-14-16-27(29-18-44-29)34(41)31(24)38/h10,13-17,19-21,23,29H,2-9,11-12,18H2,1H3. The van der Waals surface area contributed by atoms with Gasteiger partial charge in [0, 0.05) is 16.7 Å². The van der Waals surface area contributed by atoms with Gasteiger partial charge < -0.3 is 9.47 Å². The van der Waals surface area contributed by atoms with Crippen LogP contribution in [0.5, 0.6) is 0 Å². The van der Waals surface area contributed by atoms with E-state index in [1.807, 2.05) is 6.92 Å². The van der Waals surface area contributed by atoms with Gasteiger partial charge in [0.15, 0.2) is 34.9 Å². The number of hydrogen-bond acceptors (Lipinski definition) is 3. The van der Waals surface area contributed by atoms with E-state index in [-0.39, 0.29) is 23.1 Å². The molecule has 0 spiro atoms. The molecule has 240 valence electrons. The van der Waals surface area contributed by atoms with Gasteiger partial charge in [-0.2, -0.15) is 0 Å². The van der Waals surface area contributed by atoms with Crippen LogP contribution >= 0.6 is 0 Å². The Labute approximate surface area is 258 Å². The third kappa shape index (κ3) is 6.38. The van der Waals surface area contributed by atoms with E-state index in [0.717, 1.165) is 50.7 Å². The second kappa shape index (κ2) is 13.2. The van der Waals surface area contributed by atoms with E-state index in [1.54, 1.807) is 12.1 Å². The van der Waals surface area contributed by atoms with Gasteiger partial charge in [-0.25, -0.2) is 31.1 Å². The Balaban J connectivity index is 1.02. The van der Waals surface area contributed by atoms with E-state index in [9.17, 15) is 22.4 Å². The third-order valence-electron chi connectivity index (χ3n) is 9.97. The van der Waals surface area contributed by atoms with Gasteiger partial charge in [0.2, 0.25) is 0 Å². The second-order valence-electron chi connectivity index (χ2n) is 12.7. The summed E-state index contributed by atoms with van der Waals surface area (Å²) >= 11 is 0. The van der Waals surface area contributed by atoms with Gasteiger partial charge in [0.1, 0.15) is 12.2 Å². The summed E-state index contributed by atoms with van der Waals surface area (Å²) in [6.45, 7) is 2.24. The fourth-order valence-electron chi connectivity index (χ4n) is 7.34. The van der Waals surface area contributed by atoms with Crippen LogP contribution in [0.2, 0.25) is 0 Å². The molecule has 9 heteroatoms. The molecular weight excluding hydrogens is 594 g/mol. The molecule has 3 aliphatic rings. The van der Waals surface area contributed by atoms with Gasteiger partial charge in [-0.1, -0.05) is 43.7 Å². The fourth-order valence-corrected chi connectivity index (χ4v) is 7.34. The Hall–Kier alpha value is -3.33. The highest BCUT2D eigenvalue weighted by Gasteiger charge is 2.35. The number of hydrogen-bond donors (Lipinski definition) is 0. The molecule has 0 amide bonds. The van der Waals surface area contributed by atoms with Gasteiger partial charge in [-0.05, 0) is 92.7 Å². The van der Waals surface area contributed by atoms with Crippen LogP contribution in [-0.2, 0) is 15.9 Å². The monoisotopic (exact) mass is 630 g/mol. The highest BCUT2D eigenvalue weighted by atomic mass is 19.2. The summed E-state index contributed by atoms with van der Waals surface area (Å²) in [5, 5.41) is 0. The molecule has 6 rings (SSSR count). The van der Waals surface area contributed by atoms with Crippen molar-refractivity contribution in [3.05, 3.63) is 93.6 Å². The minimum absolute atomic E-state index is 0.0279. The molecular formula is C36H36F6O3. The lowest BCUT2D eigenvalue weighted by Gasteiger charge is -2.37. The molecule has 3 aromatic carbocycles. The average molecular weight is 631 g/mol. The van der Waals surface area contributed by atoms with Crippen molar-refractivity contribution in [2.45, 2.75) is 89.3 Å². The molecule has 1 unspecified atom stereocenters. The molecule has 2 aliphatic carbocycles. The molecule has 3 nitrogen and oxygen atoms in total. The van der Waals surface area contributed by atoms with Crippen LogP contribution in [0.1, 0.15) is 104 Å². The number of carbonyl (C=O) groups is 1. The van der Waals surface area contributed by atoms with Crippen molar-refractivity contribution in [3.63, 3.8) is 0 Å². The summed E-state index contributed by atoms with van der Waals surface area (Å²) < 4.78 is 99.2. The number of ether oxygens (including phenoxy) is 2. The van der Waals surface area contributed by atoms with E-state index in [1.165, 1.54) is 12.1 Å². The summed E-state index contributed by atoms with van der Waals surface area (Å²) in [4.78, 5) is 12.8. The number of aryl methyl sites for hydroxylation is 1. The molecule has 3 aromatic rings. The van der Waals surface area contributed by atoms with Crippen LogP contribution in [0.15, 0.2) is 36.4 Å². The average Bonchev–Trinajstić information content (AvgIpc) is 3.89. The lowest BCUT2D eigenvalue weighted by Crippen LogP contribution is -2.30. The first kappa shape index (κ1) is 31.6. The van der Waals surface area contributed by atoms with Crippen molar-refractivity contribution in [3.8, 4) is 11.1 Å². The normalized spacial score (nSPS) is 24.8. The highest BCUT2D eigenvalue weighted by Crippen LogP contribution is 2.45. The second-order valence-corrected chi connectivity index (χ2v) is 12.7. The summed E-state index contributed by atoms with van der Waals surface area (Å²) in [5.74, 6) is -7.02. The fraction of sp³-hybridized carbons (Fsp3) is 0.472. The number of benzene rings is 3. The van der Waals surface area contributed by atoms with Crippen LogP contribution in [0, 0.1) is 46.7 Å². The first-order valence-corrected chi connectivity index (χ1v) is 15.9. The maximum Gasteiger partial charge on any atom is 0.341 e. The molecule has 45 heavy (non-hydrogen) atoms. The minimum Gasteiger partial charge on any atom is -0.459 e. The van der Waals surface area contributed by atoms with Crippen LogP contribution in [0.4, 0.5) is 26.3 Å². The lowest BCUT2D eigenvalue weighted by atomic mass is 9.69. The minimum atomic E-state index is -1.47. The molecule has 0 radical (unpaired) electrons. The summed E-state index contributed by atoms with van der Waals surface area (Å²) in [5.41, 5.74) is -0.620. The van der Waals surface area contributed by atoms with Gasteiger partial charge in [-0.3, -0.25) is 0 Å². The van der Waals surface area contributed by atoms with Crippen molar-refractivity contribution < 1.29 is 40.6 Å². The maximum absolute atomic E-state index is 15.0. The zero-order valence-corrected chi connectivity index (χ0v) is 25.1. The highest BCUT2D eigenvalue weighted by molar-refractivity contribution is 5.90. The van der Waals surface area contributed by atoms with E-state index in [4.69, 9.17) is 9.47 Å². The molecule has 3 fully saturated rings. The molecule has 0 bridgehead atoms. The first-order chi connectivity index (χ1) is 21.7. The van der Waals surface area contributed by atoms with Crippen LogP contribution in [0.25, 0.3) is 11.1 Å². The maximum atomic E-state index is 15.0. The smallest absolute Gasteiger partial charge is 0.341 e. The van der Waals surface area contributed by atoms with Gasteiger partial charge >= 0.3 is 5.97 Å². The van der Waals surface area contributed by atoms with Gasteiger partial charge in [0.05, 0.1) is 12.2 Å². The van der Waals surface area contributed by atoms with Crippen molar-refractivity contribution in [1.82, 2.24) is 0 Å². The van der Waals surface area contributed by atoms with Crippen molar-refractivity contribution >= 4 is 5.97 Å². The van der Waals surface area contributed by atoms with E-state index in [2.05, 4.69) is 0 Å². The van der Waals surface area contributed by atoms with E-state index in [0.29, 0.717) is 49.7 Å². The molecule has 1 aliphatic heterocycles. The molecule has 1 saturated heterocycles. The number of rotatable bonds is 8. The quantitative estimate of drug-likeness (QED) is 0.141. The molecule has 0 aromatic heterocycles. The topological polar surface area (TPSA) is 38.8 Å². The predicted octanol–water partition coefficient (Wildman–Crippen LogP) is 9.90. The van der Waals surface area contributed by atoms with Crippen LogP contribution in [0.3, 0.4) is 0 Å². The summed E-state index contributed by atoms with van der Waals surface area (Å²) in [7, 11) is 0. The predicted molar refractivity (Wildman–Crippen MR) is 157 cm³/mol. The molecule has 2 saturated carbocycles. The van der Waals surface area contributed by atoms with Crippen molar-refractivity contribution in [2.24, 2.45) is 11.8 Å². The van der Waals surface area contributed by atoms with E-state index < -0.39 is 63.7 Å². The SMILES string of the molecule is CCCc1ccc(-c2ccc(C(=O)OC3CCC(C4CCC(c5ccc(C6CO6)c(F)c5F)CC4)CC3)c(F)c2F)c(F)c1F. The van der Waals surface area contributed by atoms with Crippen molar-refractivity contribution in [1.29, 1.82) is 0 Å². The number of halogens is 6. The number of epoxide rings is 1. The zero-order valence-electron chi connectivity index (χ0n) is 25.1. The first-order valence-electron chi connectivity index (χ1n) is 15.9. The van der Waals surface area contributed by atoms with Crippen LogP contribution in [-0.4, -0.2) is 18.7 Å². The Kier molecular flexibility index (Phi) is 9.27.